The van der Waals surface area contributed by atoms with Gasteiger partial charge in [-0.15, -0.1) is 0 Å². The number of sulfonamides is 1. The average Bonchev–Trinajstić information content (AvgIpc) is 3.40. The number of ether oxygens (including phenoxy) is 2. The van der Waals surface area contributed by atoms with E-state index in [0.29, 0.717) is 88.3 Å². The Morgan fingerprint density at radius 1 is 1.07 bits per heavy atom. The van der Waals surface area contributed by atoms with Crippen LogP contribution in [0.5, 0.6) is 5.88 Å². The van der Waals surface area contributed by atoms with E-state index in [2.05, 4.69) is 43.8 Å². The largest absolute Gasteiger partial charge is 0.478 e. The molecule has 13 nitrogen and oxygen atoms in total. The molecule has 5 heterocycles. The molecule has 14 heteroatoms. The molecule has 1 atom stereocenters. The van der Waals surface area contributed by atoms with Crippen LogP contribution in [0.4, 0.5) is 0 Å². The zero-order chi connectivity index (χ0) is 29.0. The number of aromatic nitrogens is 5. The SMILES string of the molecule is CCCc1[nH]nc2c(=O)[nH]c(CC(c3cc(S(=O)(=O)N4CCN(CC)CC4)cnc3OCC)N3CCOCC3)nc12. The first kappa shape index (κ1) is 29.6. The second-order valence-corrected chi connectivity index (χ2v) is 12.3. The summed E-state index contributed by atoms with van der Waals surface area (Å²) in [4.78, 5) is 29.8. The summed E-state index contributed by atoms with van der Waals surface area (Å²) < 4.78 is 40.6. The molecule has 0 amide bonds. The number of H-pyrrole nitrogens is 2. The maximum Gasteiger partial charge on any atom is 0.279 e. The van der Waals surface area contributed by atoms with Gasteiger partial charge in [-0.05, 0) is 26.0 Å². The van der Waals surface area contributed by atoms with Crippen molar-refractivity contribution in [2.24, 2.45) is 0 Å². The van der Waals surface area contributed by atoms with E-state index in [4.69, 9.17) is 14.5 Å². The number of likely N-dealkylation sites (N-methyl/N-ethyl adjacent to an activating group) is 1. The molecule has 1 unspecified atom stereocenters. The number of morpholine rings is 1. The van der Waals surface area contributed by atoms with Crippen LogP contribution >= 0.6 is 0 Å². The van der Waals surface area contributed by atoms with Gasteiger partial charge in [0.1, 0.15) is 16.2 Å². The van der Waals surface area contributed by atoms with Gasteiger partial charge in [0, 0.05) is 57.3 Å². The maximum atomic E-state index is 13.7. The summed E-state index contributed by atoms with van der Waals surface area (Å²) in [6.07, 6.45) is 3.32. The van der Waals surface area contributed by atoms with Gasteiger partial charge in [-0.25, -0.2) is 18.4 Å². The highest BCUT2D eigenvalue weighted by molar-refractivity contribution is 7.89. The van der Waals surface area contributed by atoms with Crippen molar-refractivity contribution < 1.29 is 17.9 Å². The minimum absolute atomic E-state index is 0.135. The Bertz CT molecular complexity index is 1490. The van der Waals surface area contributed by atoms with Crippen LogP contribution < -0.4 is 10.3 Å². The first-order valence-electron chi connectivity index (χ1n) is 14.5. The molecule has 2 fully saturated rings. The lowest BCUT2D eigenvalue weighted by Crippen LogP contribution is -2.48. The summed E-state index contributed by atoms with van der Waals surface area (Å²) in [5, 5.41) is 7.13. The smallest absolute Gasteiger partial charge is 0.279 e. The molecule has 3 aromatic heterocycles. The number of aromatic amines is 2. The van der Waals surface area contributed by atoms with Crippen molar-refractivity contribution in [1.82, 2.24) is 39.3 Å². The van der Waals surface area contributed by atoms with Crippen LogP contribution in [-0.2, 0) is 27.6 Å². The van der Waals surface area contributed by atoms with Crippen molar-refractivity contribution in [3.05, 3.63) is 39.7 Å². The van der Waals surface area contributed by atoms with E-state index >= 15 is 0 Å². The molecule has 2 aliphatic heterocycles. The number of piperazine rings is 1. The molecule has 0 bridgehead atoms. The number of nitrogens with one attached hydrogen (secondary N) is 2. The second-order valence-electron chi connectivity index (χ2n) is 10.4. The van der Waals surface area contributed by atoms with Crippen LogP contribution in [0.1, 0.15) is 50.3 Å². The molecular weight excluding hydrogens is 548 g/mol. The average molecular weight is 589 g/mol. The minimum atomic E-state index is -3.77. The van der Waals surface area contributed by atoms with Gasteiger partial charge in [0.05, 0.1) is 31.7 Å². The van der Waals surface area contributed by atoms with Gasteiger partial charge in [-0.1, -0.05) is 20.3 Å². The fourth-order valence-corrected chi connectivity index (χ4v) is 6.96. The predicted octanol–water partition coefficient (Wildman–Crippen LogP) is 1.33. The Morgan fingerprint density at radius 2 is 1.83 bits per heavy atom. The van der Waals surface area contributed by atoms with E-state index in [1.807, 2.05) is 6.92 Å². The van der Waals surface area contributed by atoms with Crippen LogP contribution in [0, 0.1) is 0 Å². The molecular formula is C27H40N8O5S. The first-order valence-corrected chi connectivity index (χ1v) is 15.9. The van der Waals surface area contributed by atoms with Crippen LogP contribution in [-0.4, -0.2) is 113 Å². The zero-order valence-electron chi connectivity index (χ0n) is 24.1. The van der Waals surface area contributed by atoms with Crippen molar-refractivity contribution in [3.8, 4) is 5.88 Å². The lowest BCUT2D eigenvalue weighted by Gasteiger charge is -2.35. The van der Waals surface area contributed by atoms with Gasteiger partial charge in [-0.3, -0.25) is 14.8 Å². The van der Waals surface area contributed by atoms with Crippen molar-refractivity contribution in [1.29, 1.82) is 0 Å². The molecule has 2 saturated heterocycles. The van der Waals surface area contributed by atoms with Crippen molar-refractivity contribution in [2.75, 3.05) is 65.6 Å². The van der Waals surface area contributed by atoms with E-state index in [9.17, 15) is 13.2 Å². The Hall–Kier alpha value is -2.91. The third-order valence-corrected chi connectivity index (χ3v) is 9.68. The highest BCUT2D eigenvalue weighted by atomic mass is 32.2. The summed E-state index contributed by atoms with van der Waals surface area (Å²) in [6, 6.07) is 1.33. The molecule has 41 heavy (non-hydrogen) atoms. The monoisotopic (exact) mass is 588 g/mol. The van der Waals surface area contributed by atoms with E-state index in [1.165, 1.54) is 10.5 Å². The van der Waals surface area contributed by atoms with Gasteiger partial charge in [0.15, 0.2) is 5.52 Å². The van der Waals surface area contributed by atoms with Crippen LogP contribution in [0.2, 0.25) is 0 Å². The molecule has 0 saturated carbocycles. The summed E-state index contributed by atoms with van der Waals surface area (Å²) in [5.41, 5.74) is 2.01. The van der Waals surface area contributed by atoms with Crippen LogP contribution in [0.3, 0.4) is 0 Å². The summed E-state index contributed by atoms with van der Waals surface area (Å²) in [5.74, 6) is 0.862. The van der Waals surface area contributed by atoms with E-state index in [-0.39, 0.29) is 22.0 Å². The lowest BCUT2D eigenvalue weighted by molar-refractivity contribution is 0.0149. The Morgan fingerprint density at radius 3 is 2.51 bits per heavy atom. The molecule has 0 spiro atoms. The number of hydrogen-bond acceptors (Lipinski definition) is 10. The second kappa shape index (κ2) is 12.9. The summed E-state index contributed by atoms with van der Waals surface area (Å²) in [6.45, 7) is 11.9. The molecule has 3 aromatic rings. The number of pyridine rings is 1. The van der Waals surface area contributed by atoms with Crippen LogP contribution in [0.25, 0.3) is 11.0 Å². The maximum absolute atomic E-state index is 13.7. The molecule has 224 valence electrons. The molecule has 0 aliphatic carbocycles. The van der Waals surface area contributed by atoms with E-state index in [1.54, 1.807) is 6.07 Å². The Labute approximate surface area is 240 Å². The predicted molar refractivity (Wildman–Crippen MR) is 154 cm³/mol. The van der Waals surface area contributed by atoms with Gasteiger partial charge < -0.3 is 19.4 Å². The number of hydrogen-bond donors (Lipinski definition) is 2. The summed E-state index contributed by atoms with van der Waals surface area (Å²) >= 11 is 0. The van der Waals surface area contributed by atoms with Crippen molar-refractivity contribution in [3.63, 3.8) is 0 Å². The van der Waals surface area contributed by atoms with Crippen LogP contribution in [0.15, 0.2) is 22.0 Å². The first-order chi connectivity index (χ1) is 19.8. The Balaban J connectivity index is 1.55. The van der Waals surface area contributed by atoms with E-state index in [0.717, 1.165) is 25.1 Å². The van der Waals surface area contributed by atoms with Gasteiger partial charge in [0.2, 0.25) is 15.9 Å². The van der Waals surface area contributed by atoms with Crippen molar-refractivity contribution >= 4 is 21.1 Å². The normalized spacial score (nSPS) is 18.6. The highest BCUT2D eigenvalue weighted by Crippen LogP contribution is 2.34. The van der Waals surface area contributed by atoms with Gasteiger partial charge in [-0.2, -0.15) is 9.40 Å². The third kappa shape index (κ3) is 6.31. The van der Waals surface area contributed by atoms with E-state index < -0.39 is 10.0 Å². The zero-order valence-corrected chi connectivity index (χ0v) is 24.9. The fourth-order valence-electron chi connectivity index (χ4n) is 5.55. The fraction of sp³-hybridized carbons (Fsp3) is 0.630. The van der Waals surface area contributed by atoms with Crippen molar-refractivity contribution in [2.45, 2.75) is 51.0 Å². The molecule has 2 aliphatic rings. The van der Waals surface area contributed by atoms with Gasteiger partial charge in [0.25, 0.3) is 5.56 Å². The number of aryl methyl sites for hydroxylation is 1. The Kier molecular flexibility index (Phi) is 9.34. The summed E-state index contributed by atoms with van der Waals surface area (Å²) in [7, 11) is -3.77. The third-order valence-electron chi connectivity index (χ3n) is 7.82. The molecule has 0 radical (unpaired) electrons. The number of nitrogens with zero attached hydrogens (tertiary/aromatic N) is 6. The topological polar surface area (TPSA) is 150 Å². The number of fused-ring (bicyclic) bond motifs is 1. The quantitative estimate of drug-likeness (QED) is 0.336. The minimum Gasteiger partial charge on any atom is -0.478 e. The highest BCUT2D eigenvalue weighted by Gasteiger charge is 2.33. The molecule has 5 rings (SSSR count). The standard InChI is InChI=1S/C27H40N8O5S/c1-4-7-21-24-25(32-31-21)26(36)30-23(29-24)17-22(34-12-14-39-15-13-34)20-16-19(18-28-27(20)40-6-3)41(37,38)35-10-8-33(5-2)9-11-35/h16,18,22H,4-15,17H2,1-3H3,(H,31,32)(H,29,30,36). The molecule has 2 N–H and O–H groups in total. The van der Waals surface area contributed by atoms with Gasteiger partial charge >= 0.3 is 0 Å². The molecule has 0 aromatic carbocycles. The number of rotatable bonds is 11. The lowest BCUT2D eigenvalue weighted by atomic mass is 10.0.